The third kappa shape index (κ3) is 4.38. The zero-order chi connectivity index (χ0) is 22.0. The van der Waals surface area contributed by atoms with Crippen LogP contribution in [0.3, 0.4) is 0 Å². The summed E-state index contributed by atoms with van der Waals surface area (Å²) in [6.07, 6.45) is 5.34. The maximum absolute atomic E-state index is 12.4. The molecule has 2 fully saturated rings. The molecular formula is C24H32N4O3. The highest BCUT2D eigenvalue weighted by Crippen LogP contribution is 2.41. The number of hydrogen-bond acceptors (Lipinski definition) is 6. The first-order valence-electron chi connectivity index (χ1n) is 11.0. The highest BCUT2D eigenvalue weighted by atomic mass is 16.5. The molecule has 166 valence electrons. The molecule has 2 saturated heterocycles. The van der Waals surface area contributed by atoms with Gasteiger partial charge in [0.25, 0.3) is 0 Å². The Balaban J connectivity index is 1.70. The quantitative estimate of drug-likeness (QED) is 0.735. The first-order valence-corrected chi connectivity index (χ1v) is 11.0. The van der Waals surface area contributed by atoms with E-state index in [0.29, 0.717) is 25.7 Å². The second-order valence-electron chi connectivity index (χ2n) is 8.52. The number of carbonyl (C=O) groups is 1. The SMILES string of the molecule is C=C(C1CCOCC1)N1CC(C)N(C(C)=O)c2ccc(C(C=NC3COC3)=CN)cc21. The van der Waals surface area contributed by atoms with Gasteiger partial charge in [0.05, 0.1) is 36.7 Å². The molecule has 3 aliphatic heterocycles. The minimum Gasteiger partial charge on any atom is -0.404 e. The topological polar surface area (TPSA) is 80.4 Å². The molecule has 7 nitrogen and oxygen atoms in total. The Hall–Kier alpha value is -2.64. The van der Waals surface area contributed by atoms with Crippen molar-refractivity contribution in [3.8, 4) is 0 Å². The summed E-state index contributed by atoms with van der Waals surface area (Å²) in [6.45, 7) is 11.7. The minimum absolute atomic E-state index is 0.0407. The fourth-order valence-electron chi connectivity index (χ4n) is 4.52. The lowest BCUT2D eigenvalue weighted by atomic mass is 9.93. The van der Waals surface area contributed by atoms with E-state index >= 15 is 0 Å². The van der Waals surface area contributed by atoms with Gasteiger partial charge in [-0.1, -0.05) is 12.6 Å². The van der Waals surface area contributed by atoms with Crippen LogP contribution in [0.5, 0.6) is 0 Å². The Kier molecular flexibility index (Phi) is 6.43. The number of rotatable bonds is 5. The summed E-state index contributed by atoms with van der Waals surface area (Å²) < 4.78 is 10.7. The van der Waals surface area contributed by atoms with E-state index < -0.39 is 0 Å². The summed E-state index contributed by atoms with van der Waals surface area (Å²) in [7, 11) is 0. The third-order valence-electron chi connectivity index (χ3n) is 6.35. The summed E-state index contributed by atoms with van der Waals surface area (Å²) in [4.78, 5) is 21.2. The lowest BCUT2D eigenvalue weighted by molar-refractivity contribution is -0.117. The van der Waals surface area contributed by atoms with E-state index in [9.17, 15) is 4.79 Å². The van der Waals surface area contributed by atoms with Crippen LogP contribution in [0, 0.1) is 5.92 Å². The molecule has 3 aliphatic rings. The molecule has 1 aromatic carbocycles. The number of nitrogens with two attached hydrogens (primary N) is 1. The van der Waals surface area contributed by atoms with Crippen molar-refractivity contribution >= 4 is 29.1 Å². The van der Waals surface area contributed by atoms with E-state index in [-0.39, 0.29) is 18.0 Å². The molecular weight excluding hydrogens is 392 g/mol. The first-order chi connectivity index (χ1) is 15.0. The predicted octanol–water partition coefficient (Wildman–Crippen LogP) is 2.96. The smallest absolute Gasteiger partial charge is 0.224 e. The average Bonchev–Trinajstić information content (AvgIpc) is 2.74. The van der Waals surface area contributed by atoms with E-state index in [4.69, 9.17) is 15.2 Å². The number of aliphatic imine (C=N–C) groups is 1. The lowest BCUT2D eigenvalue weighted by Gasteiger charge is -2.44. The van der Waals surface area contributed by atoms with Crippen LogP contribution in [0.2, 0.25) is 0 Å². The van der Waals surface area contributed by atoms with Crippen LogP contribution >= 0.6 is 0 Å². The van der Waals surface area contributed by atoms with Gasteiger partial charge in [-0.2, -0.15) is 0 Å². The number of benzene rings is 1. The molecule has 1 aromatic rings. The first kappa shape index (κ1) is 21.6. The predicted molar refractivity (Wildman–Crippen MR) is 124 cm³/mol. The number of fused-ring (bicyclic) bond motifs is 1. The monoisotopic (exact) mass is 424 g/mol. The van der Waals surface area contributed by atoms with Crippen LogP contribution in [0.4, 0.5) is 11.4 Å². The largest absolute Gasteiger partial charge is 0.404 e. The van der Waals surface area contributed by atoms with Gasteiger partial charge in [0.2, 0.25) is 5.91 Å². The molecule has 0 radical (unpaired) electrons. The molecule has 3 heterocycles. The van der Waals surface area contributed by atoms with Crippen molar-refractivity contribution in [1.82, 2.24) is 0 Å². The van der Waals surface area contributed by atoms with Gasteiger partial charge in [0.1, 0.15) is 0 Å². The fourth-order valence-corrected chi connectivity index (χ4v) is 4.52. The number of carbonyl (C=O) groups excluding carboxylic acids is 1. The van der Waals surface area contributed by atoms with Crippen molar-refractivity contribution < 1.29 is 14.3 Å². The zero-order valence-electron chi connectivity index (χ0n) is 18.4. The molecule has 1 amide bonds. The molecule has 31 heavy (non-hydrogen) atoms. The Morgan fingerprint density at radius 2 is 1.97 bits per heavy atom. The second kappa shape index (κ2) is 9.24. The molecule has 0 saturated carbocycles. The Labute approximate surface area is 184 Å². The average molecular weight is 425 g/mol. The van der Waals surface area contributed by atoms with Crippen molar-refractivity contribution in [2.24, 2.45) is 16.6 Å². The van der Waals surface area contributed by atoms with E-state index in [1.807, 2.05) is 23.2 Å². The van der Waals surface area contributed by atoms with Crippen LogP contribution < -0.4 is 15.5 Å². The van der Waals surface area contributed by atoms with Gasteiger partial charge in [-0.25, -0.2) is 0 Å². The van der Waals surface area contributed by atoms with E-state index in [1.165, 1.54) is 0 Å². The molecule has 1 atom stereocenters. The standard InChI is InChI=1S/C24H32N4O3/c1-16-13-27(17(2)19-6-8-30-9-7-19)24-10-20(4-5-23(24)28(16)18(3)29)21(11-25)12-26-22-14-31-15-22/h4-5,10-12,16,19,22H,2,6-9,13-15,25H2,1,3H3. The normalized spacial score (nSPS) is 23.0. The van der Waals surface area contributed by atoms with Crippen molar-refractivity contribution in [3.63, 3.8) is 0 Å². The molecule has 7 heteroatoms. The minimum atomic E-state index is 0.0407. The van der Waals surface area contributed by atoms with Gasteiger partial charge in [0, 0.05) is 56.3 Å². The highest BCUT2D eigenvalue weighted by Gasteiger charge is 2.34. The van der Waals surface area contributed by atoms with Crippen molar-refractivity contribution in [2.75, 3.05) is 42.8 Å². The van der Waals surface area contributed by atoms with Gasteiger partial charge in [-0.3, -0.25) is 9.79 Å². The second-order valence-corrected chi connectivity index (χ2v) is 8.52. The van der Waals surface area contributed by atoms with E-state index in [1.54, 1.807) is 13.1 Å². The number of amides is 1. The fraction of sp³-hybridized carbons (Fsp3) is 0.500. The van der Waals surface area contributed by atoms with Crippen LogP contribution in [0.15, 0.2) is 41.7 Å². The van der Waals surface area contributed by atoms with Gasteiger partial charge < -0.3 is 25.0 Å². The van der Waals surface area contributed by atoms with Crippen molar-refractivity contribution in [2.45, 2.75) is 38.8 Å². The van der Waals surface area contributed by atoms with Crippen LogP contribution in [0.25, 0.3) is 5.57 Å². The number of hydrogen-bond donors (Lipinski definition) is 1. The van der Waals surface area contributed by atoms with Gasteiger partial charge >= 0.3 is 0 Å². The Bertz CT molecular complexity index is 900. The summed E-state index contributed by atoms with van der Waals surface area (Å²) in [5.41, 5.74) is 10.7. The summed E-state index contributed by atoms with van der Waals surface area (Å²) >= 11 is 0. The van der Waals surface area contributed by atoms with Gasteiger partial charge in [-0.05, 0) is 37.5 Å². The van der Waals surface area contributed by atoms with Crippen LogP contribution in [0.1, 0.15) is 32.3 Å². The molecule has 2 N–H and O–H groups in total. The van der Waals surface area contributed by atoms with Crippen molar-refractivity contribution in [3.05, 3.63) is 42.2 Å². The molecule has 0 aromatic heterocycles. The maximum Gasteiger partial charge on any atom is 0.224 e. The number of anilines is 2. The summed E-state index contributed by atoms with van der Waals surface area (Å²) in [5.74, 6) is 0.421. The van der Waals surface area contributed by atoms with Gasteiger partial charge in [0.15, 0.2) is 0 Å². The Morgan fingerprint density at radius 1 is 1.23 bits per heavy atom. The number of allylic oxidation sites excluding steroid dienone is 2. The maximum atomic E-state index is 12.4. The summed E-state index contributed by atoms with van der Waals surface area (Å²) in [6, 6.07) is 6.37. The van der Waals surface area contributed by atoms with Crippen LogP contribution in [-0.2, 0) is 14.3 Å². The zero-order valence-corrected chi connectivity index (χ0v) is 18.4. The molecule has 0 aliphatic carbocycles. The number of ether oxygens (including phenoxy) is 2. The molecule has 0 bridgehead atoms. The highest BCUT2D eigenvalue weighted by molar-refractivity contribution is 6.10. The van der Waals surface area contributed by atoms with Gasteiger partial charge in [-0.15, -0.1) is 0 Å². The lowest BCUT2D eigenvalue weighted by Crippen LogP contribution is -2.50. The van der Waals surface area contributed by atoms with Crippen LogP contribution in [-0.4, -0.2) is 57.2 Å². The molecule has 0 spiro atoms. The van der Waals surface area contributed by atoms with E-state index in [0.717, 1.165) is 54.3 Å². The Morgan fingerprint density at radius 3 is 2.58 bits per heavy atom. The number of nitrogens with zero attached hydrogens (tertiary/aromatic N) is 3. The molecule has 1 unspecified atom stereocenters. The molecule has 4 rings (SSSR count). The third-order valence-corrected chi connectivity index (χ3v) is 6.35. The summed E-state index contributed by atoms with van der Waals surface area (Å²) in [5, 5.41) is 0. The van der Waals surface area contributed by atoms with E-state index in [2.05, 4.69) is 29.5 Å². The van der Waals surface area contributed by atoms with Crippen molar-refractivity contribution in [1.29, 1.82) is 0 Å².